The summed E-state index contributed by atoms with van der Waals surface area (Å²) >= 11 is 3.03. The number of aliphatic hydroxyl groups excluding tert-OH is 1. The second-order valence-corrected chi connectivity index (χ2v) is 4.43. The smallest absolute Gasteiger partial charge is 0.352 e. The molecule has 2 rings (SSSR count). The molecule has 108 valence electrons. The molecule has 0 spiro atoms. The monoisotopic (exact) mass is 349 g/mol. The lowest BCUT2D eigenvalue weighted by Gasteiger charge is -2.17. The largest absolute Gasteiger partial charge is 0.465 e. The van der Waals surface area contributed by atoms with Crippen LogP contribution in [0.15, 0.2) is 27.6 Å². The van der Waals surface area contributed by atoms with Crippen LogP contribution in [-0.4, -0.2) is 27.4 Å². The van der Waals surface area contributed by atoms with Gasteiger partial charge in [-0.25, -0.2) is 13.6 Å². The average molecular weight is 350 g/mol. The maximum atomic E-state index is 13.8. The fourth-order valence-corrected chi connectivity index (χ4v) is 2.01. The zero-order chi connectivity index (χ0) is 14.9. The third kappa shape index (κ3) is 2.46. The molecule has 0 bridgehead atoms. The van der Waals surface area contributed by atoms with E-state index < -0.39 is 36.3 Å². The van der Waals surface area contributed by atoms with E-state index in [4.69, 9.17) is 15.6 Å². The van der Waals surface area contributed by atoms with Crippen LogP contribution in [0, 0.1) is 0 Å². The van der Waals surface area contributed by atoms with Crippen LogP contribution in [0.4, 0.5) is 14.6 Å². The molecule has 0 aromatic carbocycles. The quantitative estimate of drug-likeness (QED) is 0.856. The van der Waals surface area contributed by atoms with Crippen molar-refractivity contribution in [2.75, 3.05) is 12.3 Å². The zero-order valence-corrected chi connectivity index (χ0v) is 11.5. The first-order chi connectivity index (χ1) is 9.49. The SMILES string of the molecule is Nc1nc(=O)n(C2OC(CO)=C(F)C2F)cc1/C=C\Br. The van der Waals surface area contributed by atoms with Crippen molar-refractivity contribution in [3.8, 4) is 0 Å². The van der Waals surface area contributed by atoms with Crippen molar-refractivity contribution in [2.24, 2.45) is 0 Å². The Labute approximate surface area is 120 Å². The Balaban J connectivity index is 2.45. The highest BCUT2D eigenvalue weighted by Crippen LogP contribution is 2.35. The Bertz CT molecular complexity index is 644. The van der Waals surface area contributed by atoms with Crippen LogP contribution >= 0.6 is 15.9 Å². The second-order valence-electron chi connectivity index (χ2n) is 3.90. The summed E-state index contributed by atoms with van der Waals surface area (Å²) in [4.78, 5) is 16.7. The number of rotatable bonds is 3. The zero-order valence-electron chi connectivity index (χ0n) is 9.96. The molecular weight excluding hydrogens is 340 g/mol. The van der Waals surface area contributed by atoms with Gasteiger partial charge in [-0.3, -0.25) is 4.57 Å². The molecule has 2 atom stereocenters. The summed E-state index contributed by atoms with van der Waals surface area (Å²) in [7, 11) is 0. The van der Waals surface area contributed by atoms with Gasteiger partial charge in [0.05, 0.1) is 0 Å². The minimum Gasteiger partial charge on any atom is -0.465 e. The standard InChI is InChI=1S/C11H10BrF2N3O3/c12-2-1-5-3-17(11(19)16-9(5)15)10-8(14)7(13)6(4-18)20-10/h1-3,8,10,18H,4H2,(H2,15,16,19)/b2-1-. The number of anilines is 1. The van der Waals surface area contributed by atoms with E-state index in [2.05, 4.69) is 20.9 Å². The van der Waals surface area contributed by atoms with Crippen molar-refractivity contribution in [1.82, 2.24) is 9.55 Å². The van der Waals surface area contributed by atoms with Crippen LogP contribution in [0.3, 0.4) is 0 Å². The molecule has 1 aromatic heterocycles. The molecule has 20 heavy (non-hydrogen) atoms. The highest BCUT2D eigenvalue weighted by molar-refractivity contribution is 9.11. The molecule has 2 unspecified atom stereocenters. The summed E-state index contributed by atoms with van der Waals surface area (Å²) < 4.78 is 32.9. The molecule has 0 saturated heterocycles. The van der Waals surface area contributed by atoms with E-state index in [-0.39, 0.29) is 5.82 Å². The van der Waals surface area contributed by atoms with E-state index >= 15 is 0 Å². The van der Waals surface area contributed by atoms with Gasteiger partial charge in [0.25, 0.3) is 0 Å². The molecule has 2 heterocycles. The van der Waals surface area contributed by atoms with Crippen molar-refractivity contribution in [2.45, 2.75) is 12.4 Å². The predicted molar refractivity (Wildman–Crippen MR) is 71.1 cm³/mol. The van der Waals surface area contributed by atoms with Crippen molar-refractivity contribution < 1.29 is 18.6 Å². The topological polar surface area (TPSA) is 90.4 Å². The molecule has 0 saturated carbocycles. The third-order valence-electron chi connectivity index (χ3n) is 2.69. The first kappa shape index (κ1) is 14.7. The summed E-state index contributed by atoms with van der Waals surface area (Å²) in [5, 5.41) is 8.84. The number of aromatic nitrogens is 2. The minimum absolute atomic E-state index is 0.0498. The minimum atomic E-state index is -2.19. The summed E-state index contributed by atoms with van der Waals surface area (Å²) in [6, 6.07) is 0. The first-order valence-electron chi connectivity index (χ1n) is 5.45. The van der Waals surface area contributed by atoms with E-state index in [0.717, 1.165) is 4.57 Å². The molecule has 1 aromatic rings. The van der Waals surface area contributed by atoms with Gasteiger partial charge in [0.2, 0.25) is 12.4 Å². The van der Waals surface area contributed by atoms with Gasteiger partial charge in [-0.1, -0.05) is 15.9 Å². The summed E-state index contributed by atoms with van der Waals surface area (Å²) in [5.74, 6) is -1.83. The van der Waals surface area contributed by atoms with Crippen LogP contribution in [0.2, 0.25) is 0 Å². The Hall–Kier alpha value is -1.74. The lowest BCUT2D eigenvalue weighted by atomic mass is 10.2. The van der Waals surface area contributed by atoms with E-state index in [0.29, 0.717) is 5.56 Å². The third-order valence-corrected chi connectivity index (χ3v) is 2.96. The fourth-order valence-electron chi connectivity index (χ4n) is 1.73. The van der Waals surface area contributed by atoms with Crippen molar-refractivity contribution in [3.05, 3.63) is 38.8 Å². The molecule has 0 fully saturated rings. The van der Waals surface area contributed by atoms with Gasteiger partial charge in [0, 0.05) is 11.8 Å². The normalized spacial score (nSPS) is 22.6. The van der Waals surface area contributed by atoms with Crippen LogP contribution in [0.1, 0.15) is 11.8 Å². The number of nitrogen functional groups attached to an aromatic ring is 1. The number of aliphatic hydroxyl groups is 1. The number of halogens is 3. The number of hydrogen-bond acceptors (Lipinski definition) is 5. The van der Waals surface area contributed by atoms with Gasteiger partial charge in [0.1, 0.15) is 12.4 Å². The number of hydrogen-bond donors (Lipinski definition) is 2. The highest BCUT2D eigenvalue weighted by Gasteiger charge is 2.39. The molecule has 0 radical (unpaired) electrons. The molecule has 1 aliphatic rings. The van der Waals surface area contributed by atoms with E-state index in [1.165, 1.54) is 17.3 Å². The number of nitrogens with two attached hydrogens (primary N) is 1. The second kappa shape index (κ2) is 5.71. The van der Waals surface area contributed by atoms with Gasteiger partial charge < -0.3 is 15.6 Å². The van der Waals surface area contributed by atoms with Crippen LogP contribution in [0.25, 0.3) is 6.08 Å². The Morgan fingerprint density at radius 1 is 1.65 bits per heavy atom. The van der Waals surface area contributed by atoms with Crippen LogP contribution in [-0.2, 0) is 4.74 Å². The summed E-state index contributed by atoms with van der Waals surface area (Å²) in [5.41, 5.74) is 4.98. The van der Waals surface area contributed by atoms with Gasteiger partial charge in [-0.05, 0) is 11.1 Å². The van der Waals surface area contributed by atoms with Crippen molar-refractivity contribution in [1.29, 1.82) is 0 Å². The maximum absolute atomic E-state index is 13.8. The van der Waals surface area contributed by atoms with Crippen molar-refractivity contribution >= 4 is 27.8 Å². The molecular formula is C11H10BrF2N3O3. The predicted octanol–water partition coefficient (Wildman–Crippen LogP) is 1.23. The molecule has 3 N–H and O–H groups in total. The molecule has 1 aliphatic heterocycles. The van der Waals surface area contributed by atoms with Crippen LogP contribution in [0.5, 0.6) is 0 Å². The van der Waals surface area contributed by atoms with Gasteiger partial charge in [0.15, 0.2) is 11.6 Å². The maximum Gasteiger partial charge on any atom is 0.352 e. The van der Waals surface area contributed by atoms with Gasteiger partial charge in [-0.15, -0.1) is 0 Å². The molecule has 9 heteroatoms. The summed E-state index contributed by atoms with van der Waals surface area (Å²) in [6.07, 6.45) is -1.06. The number of ether oxygens (including phenoxy) is 1. The lowest BCUT2D eigenvalue weighted by Crippen LogP contribution is -2.32. The summed E-state index contributed by atoms with van der Waals surface area (Å²) in [6.45, 7) is -0.798. The fraction of sp³-hybridized carbons (Fsp3) is 0.273. The molecule has 0 aliphatic carbocycles. The van der Waals surface area contributed by atoms with Gasteiger partial charge in [-0.2, -0.15) is 4.98 Å². The first-order valence-corrected chi connectivity index (χ1v) is 6.36. The van der Waals surface area contributed by atoms with E-state index in [1.807, 2.05) is 0 Å². The Kier molecular flexibility index (Phi) is 4.19. The Morgan fingerprint density at radius 3 is 2.90 bits per heavy atom. The Morgan fingerprint density at radius 2 is 2.35 bits per heavy atom. The van der Waals surface area contributed by atoms with Gasteiger partial charge >= 0.3 is 5.69 Å². The highest BCUT2D eigenvalue weighted by atomic mass is 79.9. The lowest BCUT2D eigenvalue weighted by molar-refractivity contribution is 0.0181. The number of alkyl halides is 1. The van der Waals surface area contributed by atoms with Crippen LogP contribution < -0.4 is 11.4 Å². The average Bonchev–Trinajstić information content (AvgIpc) is 2.70. The number of nitrogens with zero attached hydrogens (tertiary/aromatic N) is 2. The molecule has 6 nitrogen and oxygen atoms in total. The molecule has 0 amide bonds. The van der Waals surface area contributed by atoms with E-state index in [1.54, 1.807) is 0 Å². The van der Waals surface area contributed by atoms with E-state index in [9.17, 15) is 13.6 Å². The van der Waals surface area contributed by atoms with Crippen molar-refractivity contribution in [3.63, 3.8) is 0 Å².